The molecule has 4 nitrogen and oxygen atoms in total. The Morgan fingerprint density at radius 1 is 1.03 bits per heavy atom. The molecular weight excluding hydrogens is 384 g/mol. The van der Waals surface area contributed by atoms with Crippen molar-refractivity contribution in [3.8, 4) is 17.1 Å². The maximum atomic E-state index is 9.78. The number of benzene rings is 3. The van der Waals surface area contributed by atoms with Gasteiger partial charge >= 0.3 is 0 Å². The number of aromatic nitrogens is 2. The summed E-state index contributed by atoms with van der Waals surface area (Å²) in [6.45, 7) is 7.01. The Hall–Kier alpha value is -3.11. The zero-order chi connectivity index (χ0) is 22.0. The number of hydrogen-bond acceptors (Lipinski definition) is 3. The molecule has 4 aromatic rings. The summed E-state index contributed by atoms with van der Waals surface area (Å²) in [6.07, 6.45) is 0.824. The van der Waals surface area contributed by atoms with Gasteiger partial charge in [0, 0.05) is 12.1 Å². The van der Waals surface area contributed by atoms with Crippen LogP contribution in [0.3, 0.4) is 0 Å². The van der Waals surface area contributed by atoms with E-state index in [1.807, 2.05) is 6.07 Å². The van der Waals surface area contributed by atoms with E-state index >= 15 is 0 Å². The van der Waals surface area contributed by atoms with Crippen molar-refractivity contribution in [2.24, 2.45) is 0 Å². The van der Waals surface area contributed by atoms with E-state index < -0.39 is 0 Å². The minimum absolute atomic E-state index is 0.0382. The summed E-state index contributed by atoms with van der Waals surface area (Å²) >= 11 is 0. The van der Waals surface area contributed by atoms with Crippen molar-refractivity contribution >= 4 is 11.0 Å². The minimum Gasteiger partial charge on any atom is -0.494 e. The van der Waals surface area contributed by atoms with Crippen molar-refractivity contribution in [3.63, 3.8) is 0 Å². The van der Waals surface area contributed by atoms with Crippen LogP contribution in [0.15, 0.2) is 60.7 Å². The van der Waals surface area contributed by atoms with Crippen LogP contribution in [0.1, 0.15) is 42.0 Å². The van der Waals surface area contributed by atoms with Gasteiger partial charge in [0.2, 0.25) is 0 Å². The van der Waals surface area contributed by atoms with E-state index in [0.717, 1.165) is 40.2 Å². The number of methoxy groups -OCH3 is 1. The molecule has 0 bridgehead atoms. The molecule has 0 fully saturated rings. The first-order valence-electron chi connectivity index (χ1n) is 10.8. The van der Waals surface area contributed by atoms with Gasteiger partial charge in [0.25, 0.3) is 0 Å². The van der Waals surface area contributed by atoms with Crippen LogP contribution in [0.2, 0.25) is 0 Å². The largest absolute Gasteiger partial charge is 0.494 e. The molecule has 3 aromatic carbocycles. The molecule has 0 unspecified atom stereocenters. The molecule has 0 saturated carbocycles. The van der Waals surface area contributed by atoms with Crippen molar-refractivity contribution in [2.45, 2.75) is 39.7 Å². The summed E-state index contributed by atoms with van der Waals surface area (Å²) in [5.41, 5.74) is 7.82. The Balaban J connectivity index is 1.89. The highest BCUT2D eigenvalue weighted by Crippen LogP contribution is 2.36. The molecule has 0 radical (unpaired) electrons. The first kappa shape index (κ1) is 21.1. The molecule has 1 heterocycles. The average molecular weight is 415 g/mol. The van der Waals surface area contributed by atoms with Crippen molar-refractivity contribution < 1.29 is 9.84 Å². The third-order valence-corrected chi connectivity index (χ3v) is 5.96. The number of rotatable bonds is 7. The van der Waals surface area contributed by atoms with E-state index in [1.165, 1.54) is 16.7 Å². The Bertz CT molecular complexity index is 1180. The molecule has 1 aromatic heterocycles. The Labute approximate surface area is 184 Å². The first-order valence-corrected chi connectivity index (χ1v) is 10.8. The van der Waals surface area contributed by atoms with Crippen molar-refractivity contribution in [2.75, 3.05) is 13.7 Å². The number of aliphatic hydroxyl groups excluding tert-OH is 1. The number of ether oxygens (including phenoxy) is 1. The molecule has 160 valence electrons. The van der Waals surface area contributed by atoms with Crippen LogP contribution in [0.5, 0.6) is 5.75 Å². The number of hydrogen-bond donors (Lipinski definition) is 1. The lowest BCUT2D eigenvalue weighted by Gasteiger charge is -2.13. The number of fused-ring (bicyclic) bond motifs is 1. The van der Waals surface area contributed by atoms with Crippen molar-refractivity contribution in [3.05, 3.63) is 82.9 Å². The molecule has 4 rings (SSSR count). The van der Waals surface area contributed by atoms with Crippen molar-refractivity contribution in [1.82, 2.24) is 9.55 Å². The van der Waals surface area contributed by atoms with Gasteiger partial charge in [-0.2, -0.15) is 0 Å². The summed E-state index contributed by atoms with van der Waals surface area (Å²) in [4.78, 5) is 5.06. The highest BCUT2D eigenvalue weighted by atomic mass is 16.5. The molecule has 4 heteroatoms. The predicted molar refractivity (Wildman–Crippen MR) is 127 cm³/mol. The van der Waals surface area contributed by atoms with E-state index in [0.29, 0.717) is 12.5 Å². The second-order valence-corrected chi connectivity index (χ2v) is 8.31. The molecule has 0 atom stereocenters. The van der Waals surface area contributed by atoms with Crippen LogP contribution < -0.4 is 4.74 Å². The zero-order valence-corrected chi connectivity index (χ0v) is 18.7. The topological polar surface area (TPSA) is 47.3 Å². The van der Waals surface area contributed by atoms with E-state index in [-0.39, 0.29) is 6.61 Å². The van der Waals surface area contributed by atoms with Crippen LogP contribution in [0.25, 0.3) is 22.4 Å². The van der Waals surface area contributed by atoms with Gasteiger partial charge in [-0.1, -0.05) is 68.4 Å². The molecule has 0 aliphatic rings. The fraction of sp³-hybridized carbons (Fsp3) is 0.296. The minimum atomic E-state index is 0.0382. The first-order chi connectivity index (χ1) is 15.0. The molecule has 0 aliphatic carbocycles. The smallest absolute Gasteiger partial charge is 0.145 e. The molecule has 0 spiro atoms. The van der Waals surface area contributed by atoms with Gasteiger partial charge < -0.3 is 14.4 Å². The summed E-state index contributed by atoms with van der Waals surface area (Å²) in [5, 5.41) is 9.78. The maximum absolute atomic E-state index is 9.78. The molecule has 0 aliphatic heterocycles. The third-order valence-electron chi connectivity index (χ3n) is 5.96. The lowest BCUT2D eigenvalue weighted by molar-refractivity contribution is 0.278. The molecule has 0 saturated heterocycles. The standard InChI is InChI=1S/C27H30N2O2/c1-18(2)21-10-12-22(13-11-21)27-28-25-19(3)23(16-20-8-6-5-7-9-20)17-24(31-4)26(25)29(27)14-15-30/h5-13,17-18,30H,14-16H2,1-4H3. The van der Waals surface area contributed by atoms with E-state index in [4.69, 9.17) is 9.72 Å². The maximum Gasteiger partial charge on any atom is 0.145 e. The van der Waals surface area contributed by atoms with Crippen LogP contribution in [0.4, 0.5) is 0 Å². The predicted octanol–water partition coefficient (Wildman–Crippen LogP) is 5.73. The lowest BCUT2D eigenvalue weighted by Crippen LogP contribution is -2.05. The van der Waals surface area contributed by atoms with Crippen LogP contribution in [-0.2, 0) is 13.0 Å². The average Bonchev–Trinajstić information content (AvgIpc) is 3.16. The normalized spacial score (nSPS) is 11.4. The lowest BCUT2D eigenvalue weighted by atomic mass is 9.99. The quantitative estimate of drug-likeness (QED) is 0.420. The Morgan fingerprint density at radius 3 is 2.35 bits per heavy atom. The molecule has 0 amide bonds. The number of aryl methyl sites for hydroxylation is 1. The Kier molecular flexibility index (Phi) is 6.10. The Morgan fingerprint density at radius 2 is 1.74 bits per heavy atom. The fourth-order valence-electron chi connectivity index (χ4n) is 4.16. The van der Waals surface area contributed by atoms with Crippen LogP contribution in [0, 0.1) is 6.92 Å². The van der Waals surface area contributed by atoms with Gasteiger partial charge in [-0.05, 0) is 47.6 Å². The summed E-state index contributed by atoms with van der Waals surface area (Å²) in [7, 11) is 1.70. The number of nitrogens with zero attached hydrogens (tertiary/aromatic N) is 2. The van der Waals surface area contributed by atoms with E-state index in [1.54, 1.807) is 7.11 Å². The highest BCUT2D eigenvalue weighted by molar-refractivity contribution is 5.90. The van der Waals surface area contributed by atoms with Gasteiger partial charge in [0.15, 0.2) is 0 Å². The molecule has 31 heavy (non-hydrogen) atoms. The van der Waals surface area contributed by atoms with Crippen LogP contribution in [-0.4, -0.2) is 28.4 Å². The van der Waals surface area contributed by atoms with Crippen molar-refractivity contribution in [1.29, 1.82) is 0 Å². The summed E-state index contributed by atoms with van der Waals surface area (Å²) in [6, 6.07) is 21.1. The zero-order valence-electron chi connectivity index (χ0n) is 18.7. The number of aliphatic hydroxyl groups is 1. The molecule has 1 N–H and O–H groups in total. The summed E-state index contributed by atoms with van der Waals surface area (Å²) in [5.74, 6) is 2.13. The van der Waals surface area contributed by atoms with Gasteiger partial charge in [-0.15, -0.1) is 0 Å². The monoisotopic (exact) mass is 414 g/mol. The SMILES string of the molecule is COc1cc(Cc2ccccc2)c(C)c2nc(-c3ccc(C(C)C)cc3)n(CCO)c12. The van der Waals surface area contributed by atoms with E-state index in [9.17, 15) is 5.11 Å². The van der Waals surface area contributed by atoms with Gasteiger partial charge in [0.05, 0.1) is 19.2 Å². The second kappa shape index (κ2) is 8.94. The second-order valence-electron chi connectivity index (χ2n) is 8.31. The van der Waals surface area contributed by atoms with Crippen LogP contribution >= 0.6 is 0 Å². The third kappa shape index (κ3) is 4.08. The van der Waals surface area contributed by atoms with Gasteiger partial charge in [0.1, 0.15) is 17.1 Å². The fourth-order valence-corrected chi connectivity index (χ4v) is 4.16. The van der Waals surface area contributed by atoms with Gasteiger partial charge in [-0.25, -0.2) is 4.98 Å². The number of imidazole rings is 1. The summed E-state index contributed by atoms with van der Waals surface area (Å²) < 4.78 is 7.89. The van der Waals surface area contributed by atoms with Gasteiger partial charge in [-0.3, -0.25) is 0 Å². The molecular formula is C27H30N2O2. The van der Waals surface area contributed by atoms with E-state index in [2.05, 4.69) is 79.9 Å². The highest BCUT2D eigenvalue weighted by Gasteiger charge is 2.20.